The number of rotatable bonds is 3. The maximum absolute atomic E-state index is 12.3. The predicted molar refractivity (Wildman–Crippen MR) is 78.6 cm³/mol. The number of thiophene rings is 1. The number of carbonyl (C=O) groups is 2. The monoisotopic (exact) mass is 303 g/mol. The Morgan fingerprint density at radius 2 is 2.14 bits per heavy atom. The molecular formula is C14H13N3O3S. The van der Waals surface area contributed by atoms with Crippen LogP contribution in [0.25, 0.3) is 0 Å². The molecule has 2 aromatic heterocycles. The number of methoxy groups -OCH3 is 1. The summed E-state index contributed by atoms with van der Waals surface area (Å²) in [5.74, 6) is -0.890. The van der Waals surface area contributed by atoms with Gasteiger partial charge in [-0.15, -0.1) is 11.3 Å². The van der Waals surface area contributed by atoms with Crippen LogP contribution in [-0.4, -0.2) is 24.0 Å². The van der Waals surface area contributed by atoms with Gasteiger partial charge in [0.25, 0.3) is 5.91 Å². The first-order valence-electron chi connectivity index (χ1n) is 6.06. The zero-order valence-corrected chi connectivity index (χ0v) is 12.6. The van der Waals surface area contributed by atoms with Crippen molar-refractivity contribution in [2.24, 2.45) is 0 Å². The number of carbonyl (C=O) groups excluding carboxylic acids is 2. The molecule has 21 heavy (non-hydrogen) atoms. The lowest BCUT2D eigenvalue weighted by Gasteiger charge is -2.03. The minimum absolute atomic E-state index is 0.283. The first-order valence-corrected chi connectivity index (χ1v) is 6.94. The molecule has 2 heterocycles. The van der Waals surface area contributed by atoms with Gasteiger partial charge in [-0.1, -0.05) is 0 Å². The van der Waals surface area contributed by atoms with Crippen LogP contribution in [0.15, 0.2) is 11.4 Å². The van der Waals surface area contributed by atoms with Crippen molar-refractivity contribution in [2.75, 3.05) is 12.4 Å². The topological polar surface area (TPSA) is 95.0 Å². The Kier molecular flexibility index (Phi) is 4.10. The van der Waals surface area contributed by atoms with Crippen LogP contribution in [0.1, 0.15) is 37.7 Å². The first kappa shape index (κ1) is 14.8. The van der Waals surface area contributed by atoms with E-state index in [9.17, 15) is 9.59 Å². The van der Waals surface area contributed by atoms with Crippen LogP contribution in [0.4, 0.5) is 5.00 Å². The van der Waals surface area contributed by atoms with Crippen LogP contribution < -0.4 is 5.32 Å². The quantitative estimate of drug-likeness (QED) is 0.852. The first-order chi connectivity index (χ1) is 9.99. The Morgan fingerprint density at radius 1 is 1.43 bits per heavy atom. The number of amides is 1. The number of anilines is 1. The maximum atomic E-state index is 12.3. The van der Waals surface area contributed by atoms with E-state index in [1.54, 1.807) is 25.3 Å². The largest absolute Gasteiger partial charge is 0.465 e. The number of esters is 1. The Balaban J connectivity index is 2.33. The molecule has 0 spiro atoms. The Bertz CT molecular complexity index is 752. The van der Waals surface area contributed by atoms with Crippen molar-refractivity contribution in [3.63, 3.8) is 0 Å². The van der Waals surface area contributed by atoms with Crippen LogP contribution in [0.2, 0.25) is 0 Å². The molecule has 2 rings (SSSR count). The summed E-state index contributed by atoms with van der Waals surface area (Å²) in [6.07, 6.45) is 0. The number of nitrogens with zero attached hydrogens (tertiary/aromatic N) is 1. The van der Waals surface area contributed by atoms with Gasteiger partial charge >= 0.3 is 5.97 Å². The summed E-state index contributed by atoms with van der Waals surface area (Å²) in [6.45, 7) is 3.37. The van der Waals surface area contributed by atoms with Crippen LogP contribution in [0, 0.1) is 25.2 Å². The number of H-pyrrole nitrogens is 1. The van der Waals surface area contributed by atoms with Crippen molar-refractivity contribution < 1.29 is 14.3 Å². The molecule has 6 nitrogen and oxygen atoms in total. The van der Waals surface area contributed by atoms with Crippen molar-refractivity contribution in [2.45, 2.75) is 13.8 Å². The van der Waals surface area contributed by atoms with Crippen LogP contribution in [0.5, 0.6) is 0 Å². The van der Waals surface area contributed by atoms with Crippen molar-refractivity contribution in [3.8, 4) is 6.07 Å². The summed E-state index contributed by atoms with van der Waals surface area (Å²) in [5.41, 5.74) is 2.13. The molecule has 0 unspecified atom stereocenters. The highest BCUT2D eigenvalue weighted by Crippen LogP contribution is 2.24. The maximum Gasteiger partial charge on any atom is 0.339 e. The summed E-state index contributed by atoms with van der Waals surface area (Å²) in [6, 6.07) is 3.63. The lowest BCUT2D eigenvalue weighted by Crippen LogP contribution is -2.14. The van der Waals surface area contributed by atoms with Gasteiger partial charge < -0.3 is 15.0 Å². The van der Waals surface area contributed by atoms with E-state index in [2.05, 4.69) is 10.3 Å². The zero-order valence-electron chi connectivity index (χ0n) is 11.7. The second-order valence-electron chi connectivity index (χ2n) is 4.35. The third-order valence-corrected chi connectivity index (χ3v) is 3.90. The predicted octanol–water partition coefficient (Wildman–Crippen LogP) is 2.60. The average molecular weight is 303 g/mol. The Morgan fingerprint density at radius 3 is 2.76 bits per heavy atom. The van der Waals surface area contributed by atoms with E-state index in [0.717, 1.165) is 0 Å². The van der Waals surface area contributed by atoms with Crippen LogP contribution in [0.3, 0.4) is 0 Å². The normalized spacial score (nSPS) is 10.0. The highest BCUT2D eigenvalue weighted by atomic mass is 32.1. The molecule has 0 bridgehead atoms. The number of aryl methyl sites for hydroxylation is 1. The van der Waals surface area contributed by atoms with E-state index >= 15 is 0 Å². The summed E-state index contributed by atoms with van der Waals surface area (Å²) in [4.78, 5) is 26.9. The second kappa shape index (κ2) is 5.81. The van der Waals surface area contributed by atoms with Gasteiger partial charge in [0.2, 0.25) is 0 Å². The number of nitriles is 1. The number of nitrogens with one attached hydrogen (secondary N) is 2. The van der Waals surface area contributed by atoms with Gasteiger partial charge in [-0.2, -0.15) is 5.26 Å². The second-order valence-corrected chi connectivity index (χ2v) is 5.26. The van der Waals surface area contributed by atoms with Gasteiger partial charge in [-0.3, -0.25) is 4.79 Å². The van der Waals surface area contributed by atoms with Gasteiger partial charge in [0.15, 0.2) is 0 Å². The third-order valence-electron chi connectivity index (χ3n) is 3.07. The average Bonchev–Trinajstić information content (AvgIpc) is 3.02. The molecule has 7 heteroatoms. The zero-order chi connectivity index (χ0) is 15.6. The van der Waals surface area contributed by atoms with Crippen molar-refractivity contribution in [3.05, 3.63) is 39.5 Å². The van der Waals surface area contributed by atoms with E-state index in [1.807, 2.05) is 6.07 Å². The van der Waals surface area contributed by atoms with E-state index < -0.39 is 11.9 Å². The number of aromatic amines is 1. The van der Waals surface area contributed by atoms with Gasteiger partial charge in [0.1, 0.15) is 16.8 Å². The third kappa shape index (κ3) is 2.66. The lowest BCUT2D eigenvalue weighted by atomic mass is 10.1. The number of hydrogen-bond acceptors (Lipinski definition) is 5. The Labute approximate surface area is 125 Å². The molecule has 2 aromatic rings. The van der Waals surface area contributed by atoms with E-state index in [0.29, 0.717) is 27.4 Å². The molecule has 2 N–H and O–H groups in total. The summed E-state index contributed by atoms with van der Waals surface area (Å²) in [5, 5.41) is 13.8. The molecule has 0 aliphatic carbocycles. The fraction of sp³-hybridized carbons (Fsp3) is 0.214. The van der Waals surface area contributed by atoms with E-state index in [-0.39, 0.29) is 5.69 Å². The highest BCUT2D eigenvalue weighted by Gasteiger charge is 2.23. The molecule has 0 radical (unpaired) electrons. The van der Waals surface area contributed by atoms with Gasteiger partial charge in [-0.25, -0.2) is 4.79 Å². The highest BCUT2D eigenvalue weighted by molar-refractivity contribution is 7.14. The molecule has 0 saturated carbocycles. The van der Waals surface area contributed by atoms with Gasteiger partial charge in [-0.05, 0) is 30.9 Å². The standard InChI is InChI=1S/C14H13N3O3S/c1-7-10(14(19)20-3)8(2)16-11(7)12(18)17-13-9(6-15)4-5-21-13/h4-5,16H,1-3H3,(H,17,18). The molecule has 108 valence electrons. The van der Waals surface area contributed by atoms with Crippen molar-refractivity contribution >= 4 is 28.2 Å². The van der Waals surface area contributed by atoms with Crippen LogP contribution >= 0.6 is 11.3 Å². The SMILES string of the molecule is COC(=O)c1c(C)[nH]c(C(=O)Nc2sccc2C#N)c1C. The van der Waals surface area contributed by atoms with Gasteiger partial charge in [0, 0.05) is 5.69 Å². The van der Waals surface area contributed by atoms with Crippen molar-refractivity contribution in [1.29, 1.82) is 5.26 Å². The Hall–Kier alpha value is -2.59. The fourth-order valence-electron chi connectivity index (χ4n) is 2.05. The smallest absolute Gasteiger partial charge is 0.339 e. The number of hydrogen-bond donors (Lipinski definition) is 2. The summed E-state index contributed by atoms with van der Waals surface area (Å²) < 4.78 is 4.70. The van der Waals surface area contributed by atoms with Crippen LogP contribution in [-0.2, 0) is 4.74 Å². The number of aromatic nitrogens is 1. The summed E-state index contributed by atoms with van der Waals surface area (Å²) in [7, 11) is 1.29. The fourth-order valence-corrected chi connectivity index (χ4v) is 2.78. The summed E-state index contributed by atoms with van der Waals surface area (Å²) >= 11 is 1.26. The minimum atomic E-state index is -0.492. The molecule has 0 saturated heterocycles. The molecule has 0 fully saturated rings. The molecule has 1 amide bonds. The molecule has 0 aliphatic rings. The van der Waals surface area contributed by atoms with E-state index in [4.69, 9.17) is 10.00 Å². The van der Waals surface area contributed by atoms with Gasteiger partial charge in [0.05, 0.1) is 18.2 Å². The number of ether oxygens (including phenoxy) is 1. The molecule has 0 aromatic carbocycles. The lowest BCUT2D eigenvalue weighted by molar-refractivity contribution is 0.0599. The van der Waals surface area contributed by atoms with Crippen molar-refractivity contribution in [1.82, 2.24) is 4.98 Å². The molecule has 0 atom stereocenters. The molecule has 0 aliphatic heterocycles. The van der Waals surface area contributed by atoms with E-state index in [1.165, 1.54) is 18.4 Å². The minimum Gasteiger partial charge on any atom is -0.465 e. The molecular weight excluding hydrogens is 290 g/mol.